The van der Waals surface area contributed by atoms with Gasteiger partial charge in [-0.2, -0.15) is 5.10 Å². The number of fused-ring (bicyclic) bond motifs is 1. The molecule has 1 aromatic carbocycles. The summed E-state index contributed by atoms with van der Waals surface area (Å²) in [5.74, 6) is 1.57. The van der Waals surface area contributed by atoms with Crippen LogP contribution in [0.4, 0.5) is 11.5 Å². The highest BCUT2D eigenvalue weighted by Crippen LogP contribution is 2.18. The Labute approximate surface area is 103 Å². The van der Waals surface area contributed by atoms with Gasteiger partial charge in [-0.25, -0.2) is 9.97 Å². The maximum absolute atomic E-state index is 5.72. The predicted octanol–water partition coefficient (Wildman–Crippen LogP) is 1.55. The summed E-state index contributed by atoms with van der Waals surface area (Å²) in [6, 6.07) is 9.56. The molecule has 0 saturated carbocycles. The Balaban J connectivity index is 1.82. The van der Waals surface area contributed by atoms with Crippen molar-refractivity contribution in [1.29, 1.82) is 0 Å². The van der Waals surface area contributed by atoms with E-state index in [4.69, 9.17) is 5.73 Å². The molecule has 4 N–H and O–H groups in total. The molecule has 0 bridgehead atoms. The Kier molecular flexibility index (Phi) is 2.53. The van der Waals surface area contributed by atoms with Crippen molar-refractivity contribution < 1.29 is 0 Å². The number of hydrogen-bond acceptors (Lipinski definition) is 5. The highest BCUT2D eigenvalue weighted by Gasteiger charge is 2.00. The van der Waals surface area contributed by atoms with E-state index in [2.05, 4.69) is 25.5 Å². The lowest BCUT2D eigenvalue weighted by atomic mass is 10.2. The highest BCUT2D eigenvalue weighted by atomic mass is 15.2. The monoisotopic (exact) mass is 240 g/mol. The highest BCUT2D eigenvalue weighted by molar-refractivity contribution is 5.83. The lowest BCUT2D eigenvalue weighted by molar-refractivity contribution is 0.949. The van der Waals surface area contributed by atoms with Gasteiger partial charge < -0.3 is 11.1 Å². The fourth-order valence-corrected chi connectivity index (χ4v) is 1.73. The SMILES string of the molecule is Nc1ccc2nc(NCc3ncn[nH]3)ccc2c1. The molecule has 6 heteroatoms. The summed E-state index contributed by atoms with van der Waals surface area (Å²) in [7, 11) is 0. The van der Waals surface area contributed by atoms with Gasteiger partial charge in [-0.15, -0.1) is 0 Å². The van der Waals surface area contributed by atoms with E-state index < -0.39 is 0 Å². The first-order valence-corrected chi connectivity index (χ1v) is 5.56. The normalized spacial score (nSPS) is 10.7. The third-order valence-corrected chi connectivity index (χ3v) is 2.62. The van der Waals surface area contributed by atoms with Crippen molar-refractivity contribution in [2.24, 2.45) is 0 Å². The van der Waals surface area contributed by atoms with E-state index in [0.717, 1.165) is 28.2 Å². The van der Waals surface area contributed by atoms with Gasteiger partial charge in [0.2, 0.25) is 0 Å². The van der Waals surface area contributed by atoms with E-state index in [1.54, 1.807) is 0 Å². The molecule has 0 aliphatic heterocycles. The third-order valence-electron chi connectivity index (χ3n) is 2.62. The number of nitrogens with zero attached hydrogens (tertiary/aromatic N) is 3. The van der Waals surface area contributed by atoms with Crippen LogP contribution in [0.25, 0.3) is 10.9 Å². The number of anilines is 2. The van der Waals surface area contributed by atoms with Gasteiger partial charge in [0.1, 0.15) is 18.0 Å². The maximum atomic E-state index is 5.72. The van der Waals surface area contributed by atoms with Crippen LogP contribution < -0.4 is 11.1 Å². The average Bonchev–Trinajstić information content (AvgIpc) is 2.89. The van der Waals surface area contributed by atoms with Crippen molar-refractivity contribution in [3.63, 3.8) is 0 Å². The van der Waals surface area contributed by atoms with E-state index >= 15 is 0 Å². The van der Waals surface area contributed by atoms with Gasteiger partial charge in [-0.1, -0.05) is 0 Å². The fraction of sp³-hybridized carbons (Fsp3) is 0.0833. The van der Waals surface area contributed by atoms with Gasteiger partial charge in [0.25, 0.3) is 0 Å². The van der Waals surface area contributed by atoms with Gasteiger partial charge in [0.15, 0.2) is 0 Å². The van der Waals surface area contributed by atoms with Crippen molar-refractivity contribution in [3.8, 4) is 0 Å². The second kappa shape index (κ2) is 4.33. The van der Waals surface area contributed by atoms with Gasteiger partial charge in [0.05, 0.1) is 12.1 Å². The van der Waals surface area contributed by atoms with Crippen LogP contribution in [-0.2, 0) is 6.54 Å². The molecule has 0 amide bonds. The quantitative estimate of drug-likeness (QED) is 0.604. The van der Waals surface area contributed by atoms with Crippen LogP contribution in [0.2, 0.25) is 0 Å². The molecule has 0 aliphatic rings. The number of rotatable bonds is 3. The van der Waals surface area contributed by atoms with Crippen molar-refractivity contribution in [2.75, 3.05) is 11.1 Å². The second-order valence-corrected chi connectivity index (χ2v) is 3.93. The van der Waals surface area contributed by atoms with Crippen LogP contribution in [-0.4, -0.2) is 20.2 Å². The Morgan fingerprint density at radius 3 is 3.00 bits per heavy atom. The largest absolute Gasteiger partial charge is 0.399 e. The number of H-pyrrole nitrogens is 1. The zero-order valence-electron chi connectivity index (χ0n) is 9.59. The van der Waals surface area contributed by atoms with Crippen molar-refractivity contribution in [1.82, 2.24) is 20.2 Å². The summed E-state index contributed by atoms with van der Waals surface area (Å²) in [6.45, 7) is 0.563. The minimum atomic E-state index is 0.563. The molecule has 0 spiro atoms. The molecular formula is C12H12N6. The Morgan fingerprint density at radius 1 is 1.22 bits per heavy atom. The number of aromatic amines is 1. The summed E-state index contributed by atoms with van der Waals surface area (Å²) >= 11 is 0. The second-order valence-electron chi connectivity index (χ2n) is 3.93. The Bertz CT molecular complexity index is 661. The zero-order valence-corrected chi connectivity index (χ0v) is 9.59. The fourth-order valence-electron chi connectivity index (χ4n) is 1.73. The molecule has 0 unspecified atom stereocenters. The Morgan fingerprint density at radius 2 is 2.17 bits per heavy atom. The van der Waals surface area contributed by atoms with E-state index in [1.807, 2.05) is 30.3 Å². The topological polar surface area (TPSA) is 92.5 Å². The van der Waals surface area contributed by atoms with E-state index in [0.29, 0.717) is 6.54 Å². The number of benzene rings is 1. The van der Waals surface area contributed by atoms with Crippen LogP contribution in [0.15, 0.2) is 36.7 Å². The molecule has 0 atom stereocenters. The molecule has 3 rings (SSSR count). The first-order valence-electron chi connectivity index (χ1n) is 5.56. The Hall–Kier alpha value is -2.63. The van der Waals surface area contributed by atoms with Crippen LogP contribution in [0.5, 0.6) is 0 Å². The van der Waals surface area contributed by atoms with Crippen LogP contribution in [0, 0.1) is 0 Å². The van der Waals surface area contributed by atoms with Gasteiger partial charge in [-0.05, 0) is 30.3 Å². The molecule has 2 heterocycles. The first kappa shape index (κ1) is 10.5. The minimum absolute atomic E-state index is 0.563. The standard InChI is InChI=1S/C12H12N6/c13-9-2-3-10-8(5-9)1-4-11(17-10)14-6-12-15-7-16-18-12/h1-5,7H,6,13H2,(H,14,17)(H,15,16,18). The van der Waals surface area contributed by atoms with Crippen LogP contribution in [0.1, 0.15) is 5.82 Å². The predicted molar refractivity (Wildman–Crippen MR) is 69.9 cm³/mol. The summed E-state index contributed by atoms with van der Waals surface area (Å²) in [6.07, 6.45) is 1.48. The molecule has 0 aliphatic carbocycles. The first-order chi connectivity index (χ1) is 8.81. The van der Waals surface area contributed by atoms with Gasteiger partial charge in [0, 0.05) is 11.1 Å². The van der Waals surface area contributed by atoms with Crippen molar-refractivity contribution in [2.45, 2.75) is 6.54 Å². The molecule has 6 nitrogen and oxygen atoms in total. The zero-order chi connectivity index (χ0) is 12.4. The lowest BCUT2D eigenvalue weighted by Crippen LogP contribution is -2.03. The van der Waals surface area contributed by atoms with Crippen molar-refractivity contribution in [3.05, 3.63) is 42.5 Å². The smallest absolute Gasteiger partial charge is 0.143 e. The molecular weight excluding hydrogens is 228 g/mol. The van der Waals surface area contributed by atoms with E-state index in [1.165, 1.54) is 6.33 Å². The van der Waals surface area contributed by atoms with Crippen LogP contribution >= 0.6 is 0 Å². The number of pyridine rings is 1. The summed E-state index contributed by atoms with van der Waals surface area (Å²) in [5, 5.41) is 10.8. The molecule has 3 aromatic rings. The average molecular weight is 240 g/mol. The van der Waals surface area contributed by atoms with Crippen molar-refractivity contribution >= 4 is 22.4 Å². The van der Waals surface area contributed by atoms with Crippen LogP contribution in [0.3, 0.4) is 0 Å². The van der Waals surface area contributed by atoms with E-state index in [-0.39, 0.29) is 0 Å². The lowest BCUT2D eigenvalue weighted by Gasteiger charge is -2.05. The number of aromatic nitrogens is 4. The summed E-state index contributed by atoms with van der Waals surface area (Å²) < 4.78 is 0. The molecule has 0 radical (unpaired) electrons. The molecule has 18 heavy (non-hydrogen) atoms. The third kappa shape index (κ3) is 2.08. The minimum Gasteiger partial charge on any atom is -0.399 e. The number of hydrogen-bond donors (Lipinski definition) is 3. The van der Waals surface area contributed by atoms with E-state index in [9.17, 15) is 0 Å². The molecule has 2 aromatic heterocycles. The summed E-state index contributed by atoms with van der Waals surface area (Å²) in [5.41, 5.74) is 7.37. The van der Waals surface area contributed by atoms with Gasteiger partial charge >= 0.3 is 0 Å². The maximum Gasteiger partial charge on any atom is 0.143 e. The number of nitrogen functional groups attached to an aromatic ring is 1. The molecule has 90 valence electrons. The number of nitrogens with two attached hydrogens (primary N) is 1. The van der Waals surface area contributed by atoms with Gasteiger partial charge in [-0.3, -0.25) is 5.10 Å². The summed E-state index contributed by atoms with van der Waals surface area (Å²) in [4.78, 5) is 8.52. The number of nitrogens with one attached hydrogen (secondary N) is 2. The molecule has 0 saturated heterocycles. The molecule has 0 fully saturated rings.